The SMILES string of the molecule is CSCC[C@H](NC(=O)[C@H](CCC(=O)O)NC(=O)[C@H](CC(=O)O)NC(C)=O)C(=O)N[C@@H](CCC(=O)O)C(=O)N[C@@H](CCC(=O)O)[C@H](CS)C(=O)O. The maximum absolute atomic E-state index is 13.5. The summed E-state index contributed by atoms with van der Waals surface area (Å²) in [5.41, 5.74) is 0. The van der Waals surface area contributed by atoms with Crippen LogP contribution in [0.1, 0.15) is 58.3 Å². The second-order valence-corrected chi connectivity index (χ2v) is 12.2. The van der Waals surface area contributed by atoms with Crippen molar-refractivity contribution >= 4 is 83.8 Å². The van der Waals surface area contributed by atoms with Crippen LogP contribution < -0.4 is 26.6 Å². The van der Waals surface area contributed by atoms with Crippen molar-refractivity contribution < 1.29 is 73.5 Å². The summed E-state index contributed by atoms with van der Waals surface area (Å²) in [6, 6.07) is -7.66. The van der Waals surface area contributed by atoms with E-state index >= 15 is 0 Å². The van der Waals surface area contributed by atoms with Crippen molar-refractivity contribution in [1.29, 1.82) is 0 Å². The Balaban J connectivity index is 6.31. The van der Waals surface area contributed by atoms with Gasteiger partial charge in [0.05, 0.1) is 12.3 Å². The van der Waals surface area contributed by atoms with Crippen LogP contribution in [0.3, 0.4) is 0 Å². The first-order valence-corrected chi connectivity index (χ1v) is 17.0. The molecule has 0 aliphatic carbocycles. The summed E-state index contributed by atoms with van der Waals surface area (Å²) in [7, 11) is 0. The van der Waals surface area contributed by atoms with Gasteiger partial charge in [0.2, 0.25) is 29.5 Å². The van der Waals surface area contributed by atoms with Crippen LogP contribution in [0.15, 0.2) is 0 Å². The molecule has 282 valence electrons. The van der Waals surface area contributed by atoms with Crippen molar-refractivity contribution in [3.63, 3.8) is 0 Å². The van der Waals surface area contributed by atoms with Crippen molar-refractivity contribution in [3.05, 3.63) is 0 Å². The van der Waals surface area contributed by atoms with E-state index in [0.29, 0.717) is 0 Å². The van der Waals surface area contributed by atoms with Crippen LogP contribution >= 0.6 is 24.4 Å². The minimum absolute atomic E-state index is 0.0961. The molecule has 0 unspecified atom stereocenters. The maximum Gasteiger partial charge on any atom is 0.309 e. The molecule has 0 aromatic carbocycles. The maximum atomic E-state index is 13.5. The van der Waals surface area contributed by atoms with Gasteiger partial charge >= 0.3 is 29.8 Å². The minimum atomic E-state index is -1.65. The molecule has 0 radical (unpaired) electrons. The van der Waals surface area contributed by atoms with Crippen LogP contribution in [0.5, 0.6) is 0 Å². The Hall–Kier alpha value is -4.60. The zero-order valence-electron chi connectivity index (χ0n) is 27.2. The van der Waals surface area contributed by atoms with Gasteiger partial charge in [-0.2, -0.15) is 24.4 Å². The number of aliphatic carboxylic acids is 5. The van der Waals surface area contributed by atoms with E-state index in [4.69, 9.17) is 15.3 Å². The molecule has 0 aromatic heterocycles. The minimum Gasteiger partial charge on any atom is -0.481 e. The van der Waals surface area contributed by atoms with Crippen LogP contribution in [0.25, 0.3) is 0 Å². The molecule has 0 spiro atoms. The van der Waals surface area contributed by atoms with Crippen molar-refractivity contribution in [2.45, 2.75) is 88.5 Å². The summed E-state index contributed by atoms with van der Waals surface area (Å²) in [6.07, 6.45) is -2.54. The summed E-state index contributed by atoms with van der Waals surface area (Å²) in [5, 5.41) is 57.5. The predicted octanol–water partition coefficient (Wildman–Crippen LogP) is -2.12. The summed E-state index contributed by atoms with van der Waals surface area (Å²) < 4.78 is 0. The Morgan fingerprint density at radius 3 is 1.32 bits per heavy atom. The van der Waals surface area contributed by atoms with Gasteiger partial charge in [-0.1, -0.05) is 0 Å². The highest BCUT2D eigenvalue weighted by Crippen LogP contribution is 2.14. The number of thiol groups is 1. The molecular weight excluding hydrogens is 710 g/mol. The largest absolute Gasteiger partial charge is 0.481 e. The van der Waals surface area contributed by atoms with Gasteiger partial charge in [-0.15, -0.1) is 0 Å². The summed E-state index contributed by atoms with van der Waals surface area (Å²) in [4.78, 5) is 121. The standard InChI is InChI=1S/C28H43N5O15S2/c1-13(34)29-19(11-23(41)42)27(46)32-17(5-8-22(39)40)25(44)33-18(9-10-50-2)26(45)31-16(4-7-21(37)38)24(43)30-15(3-6-20(35)36)14(12-49)28(47)48/h14-19,49H,3-12H2,1-2H3,(H,29,34)(H,30,43)(H,31,45)(H,32,46)(H,33,44)(H,35,36)(H,37,38)(H,39,40)(H,41,42)(H,47,48)/t14-,15-,16-,17-,18-,19-/m0/s1. The van der Waals surface area contributed by atoms with E-state index in [9.17, 15) is 58.2 Å². The fourth-order valence-electron chi connectivity index (χ4n) is 4.34. The van der Waals surface area contributed by atoms with Gasteiger partial charge in [-0.25, -0.2) is 0 Å². The zero-order valence-corrected chi connectivity index (χ0v) is 28.9. The van der Waals surface area contributed by atoms with Crippen LogP contribution in [0, 0.1) is 5.92 Å². The lowest BCUT2D eigenvalue weighted by Crippen LogP contribution is -2.59. The molecule has 6 atom stereocenters. The highest BCUT2D eigenvalue weighted by atomic mass is 32.2. The second kappa shape index (κ2) is 23.7. The van der Waals surface area contributed by atoms with Gasteiger partial charge in [-0.3, -0.25) is 47.9 Å². The first kappa shape index (κ1) is 45.4. The number of hydrogen-bond donors (Lipinski definition) is 11. The van der Waals surface area contributed by atoms with Gasteiger partial charge in [-0.05, 0) is 37.7 Å². The quantitative estimate of drug-likeness (QED) is 0.0421. The lowest BCUT2D eigenvalue weighted by molar-refractivity contribution is -0.144. The lowest BCUT2D eigenvalue weighted by atomic mass is 9.96. The molecule has 20 nitrogen and oxygen atoms in total. The Labute approximate surface area is 295 Å². The molecule has 0 saturated heterocycles. The van der Waals surface area contributed by atoms with Crippen molar-refractivity contribution in [2.24, 2.45) is 5.92 Å². The van der Waals surface area contributed by atoms with Crippen molar-refractivity contribution in [1.82, 2.24) is 26.6 Å². The number of carbonyl (C=O) groups is 10. The highest BCUT2D eigenvalue weighted by Gasteiger charge is 2.34. The number of hydrogen-bond acceptors (Lipinski definition) is 12. The number of nitrogens with one attached hydrogen (secondary N) is 5. The Bertz CT molecular complexity index is 1250. The second-order valence-electron chi connectivity index (χ2n) is 10.9. The van der Waals surface area contributed by atoms with Crippen LogP contribution in [0.2, 0.25) is 0 Å². The molecular formula is C28H43N5O15S2. The van der Waals surface area contributed by atoms with Crippen LogP contribution in [-0.2, 0) is 47.9 Å². The van der Waals surface area contributed by atoms with Gasteiger partial charge in [0.1, 0.15) is 24.2 Å². The fraction of sp³-hybridized carbons (Fsp3) is 0.643. The van der Waals surface area contributed by atoms with E-state index in [1.165, 1.54) is 11.8 Å². The van der Waals surface area contributed by atoms with E-state index in [-0.39, 0.29) is 24.3 Å². The predicted molar refractivity (Wildman–Crippen MR) is 176 cm³/mol. The average molecular weight is 754 g/mol. The van der Waals surface area contributed by atoms with Gasteiger partial charge < -0.3 is 52.1 Å². The molecule has 0 heterocycles. The number of carboxylic acids is 5. The van der Waals surface area contributed by atoms with E-state index in [1.54, 1.807) is 6.26 Å². The Morgan fingerprint density at radius 2 is 0.960 bits per heavy atom. The molecule has 0 aliphatic heterocycles. The summed E-state index contributed by atoms with van der Waals surface area (Å²) in [5.74, 6) is -13.4. The number of thioether (sulfide) groups is 1. The number of carboxylic acid groups (broad SMARTS) is 5. The summed E-state index contributed by atoms with van der Waals surface area (Å²) >= 11 is 5.20. The topological polar surface area (TPSA) is 332 Å². The normalized spacial score (nSPS) is 14.3. The lowest BCUT2D eigenvalue weighted by Gasteiger charge is -2.28. The number of amides is 5. The Morgan fingerprint density at radius 1 is 0.560 bits per heavy atom. The van der Waals surface area contributed by atoms with E-state index < -0.39 is 134 Å². The molecule has 0 fully saturated rings. The molecule has 22 heteroatoms. The third-order valence-electron chi connectivity index (χ3n) is 6.87. The molecule has 5 amide bonds. The average Bonchev–Trinajstić information content (AvgIpc) is 3.00. The third kappa shape index (κ3) is 18.8. The van der Waals surface area contributed by atoms with Gasteiger partial charge in [0.25, 0.3) is 0 Å². The van der Waals surface area contributed by atoms with Gasteiger partial charge in [0.15, 0.2) is 0 Å². The smallest absolute Gasteiger partial charge is 0.309 e. The van der Waals surface area contributed by atoms with Crippen molar-refractivity contribution in [2.75, 3.05) is 17.8 Å². The first-order chi connectivity index (χ1) is 23.3. The number of carbonyl (C=O) groups excluding carboxylic acids is 5. The zero-order chi connectivity index (χ0) is 38.6. The van der Waals surface area contributed by atoms with Crippen LogP contribution in [-0.4, -0.2) is 133 Å². The highest BCUT2D eigenvalue weighted by molar-refractivity contribution is 7.98. The summed E-state index contributed by atoms with van der Waals surface area (Å²) in [6.45, 7) is 1.01. The Kier molecular flexibility index (Phi) is 21.5. The molecule has 0 rings (SSSR count). The fourth-order valence-corrected chi connectivity index (χ4v) is 5.22. The molecule has 10 N–H and O–H groups in total. The van der Waals surface area contributed by atoms with Crippen LogP contribution in [0.4, 0.5) is 0 Å². The molecule has 0 aromatic rings. The van der Waals surface area contributed by atoms with Gasteiger partial charge in [0, 0.05) is 38.0 Å². The third-order valence-corrected chi connectivity index (χ3v) is 7.91. The molecule has 50 heavy (non-hydrogen) atoms. The monoisotopic (exact) mass is 753 g/mol. The first-order valence-electron chi connectivity index (χ1n) is 15.0. The molecule has 0 saturated carbocycles. The van der Waals surface area contributed by atoms with E-state index in [1.807, 2.05) is 0 Å². The van der Waals surface area contributed by atoms with E-state index in [2.05, 4.69) is 39.2 Å². The van der Waals surface area contributed by atoms with Crippen molar-refractivity contribution in [3.8, 4) is 0 Å². The molecule has 0 aliphatic rings. The number of rotatable bonds is 26. The van der Waals surface area contributed by atoms with E-state index in [0.717, 1.165) is 6.92 Å². The molecule has 0 bridgehead atoms.